The fraction of sp³-hybridized carbons (Fsp3) is 0.500. The van der Waals surface area contributed by atoms with Gasteiger partial charge in [-0.05, 0) is 25.1 Å². The van der Waals surface area contributed by atoms with Gasteiger partial charge in [0, 0.05) is 25.8 Å². The molecule has 22 heavy (non-hydrogen) atoms. The van der Waals surface area contributed by atoms with Crippen LogP contribution in [0.2, 0.25) is 0 Å². The van der Waals surface area contributed by atoms with E-state index in [-0.39, 0.29) is 6.04 Å². The summed E-state index contributed by atoms with van der Waals surface area (Å²) in [5.41, 5.74) is 1.08. The first-order valence-electron chi connectivity index (χ1n) is 7.15. The Balaban J connectivity index is 1.73. The highest BCUT2D eigenvalue weighted by Crippen LogP contribution is 2.22. The SMILES string of the molecule is Cc1ccc(CN2Cc3ccnn3C(CNS(C)(=O)=O)C2)o1. The van der Waals surface area contributed by atoms with Gasteiger partial charge >= 0.3 is 0 Å². The number of hydrogen-bond acceptors (Lipinski definition) is 5. The average Bonchev–Trinajstić information content (AvgIpc) is 3.04. The Labute approximate surface area is 130 Å². The summed E-state index contributed by atoms with van der Waals surface area (Å²) in [5, 5.41) is 4.32. The van der Waals surface area contributed by atoms with Crippen molar-refractivity contribution in [2.45, 2.75) is 26.1 Å². The van der Waals surface area contributed by atoms with E-state index in [0.29, 0.717) is 13.1 Å². The van der Waals surface area contributed by atoms with Crippen molar-refractivity contribution in [3.8, 4) is 0 Å². The predicted molar refractivity (Wildman–Crippen MR) is 81.7 cm³/mol. The summed E-state index contributed by atoms with van der Waals surface area (Å²) in [5.74, 6) is 1.81. The number of furan rings is 1. The molecule has 3 rings (SSSR count). The molecule has 0 bridgehead atoms. The lowest BCUT2D eigenvalue weighted by atomic mass is 10.2. The Morgan fingerprint density at radius 1 is 1.41 bits per heavy atom. The molecule has 1 aliphatic rings. The first-order valence-corrected chi connectivity index (χ1v) is 9.04. The largest absolute Gasteiger partial charge is 0.465 e. The van der Waals surface area contributed by atoms with Gasteiger partial charge in [-0.1, -0.05) is 0 Å². The summed E-state index contributed by atoms with van der Waals surface area (Å²) in [6.07, 6.45) is 2.92. The molecule has 0 aliphatic carbocycles. The molecule has 0 saturated heterocycles. The lowest BCUT2D eigenvalue weighted by Gasteiger charge is -2.33. The van der Waals surface area contributed by atoms with E-state index < -0.39 is 10.0 Å². The molecule has 0 amide bonds. The maximum atomic E-state index is 11.3. The second kappa shape index (κ2) is 5.86. The number of nitrogens with one attached hydrogen (secondary N) is 1. The Hall–Kier alpha value is -1.64. The predicted octanol–water partition coefficient (Wildman–Crippen LogP) is 0.891. The molecule has 2 aromatic heterocycles. The third-order valence-electron chi connectivity index (χ3n) is 3.71. The highest BCUT2D eigenvalue weighted by molar-refractivity contribution is 7.88. The molecule has 3 heterocycles. The van der Waals surface area contributed by atoms with E-state index in [1.807, 2.05) is 29.8 Å². The van der Waals surface area contributed by atoms with E-state index in [2.05, 4.69) is 14.7 Å². The van der Waals surface area contributed by atoms with Gasteiger partial charge < -0.3 is 4.42 Å². The number of fused-ring (bicyclic) bond motifs is 1. The van der Waals surface area contributed by atoms with Crippen molar-refractivity contribution in [3.05, 3.63) is 41.6 Å². The van der Waals surface area contributed by atoms with Crippen LogP contribution in [-0.4, -0.2) is 42.4 Å². The van der Waals surface area contributed by atoms with Crippen LogP contribution < -0.4 is 4.72 Å². The average molecular weight is 324 g/mol. The van der Waals surface area contributed by atoms with Crippen molar-refractivity contribution in [2.24, 2.45) is 0 Å². The maximum Gasteiger partial charge on any atom is 0.208 e. The van der Waals surface area contributed by atoms with E-state index >= 15 is 0 Å². The summed E-state index contributed by atoms with van der Waals surface area (Å²) in [6.45, 7) is 4.45. The Morgan fingerprint density at radius 2 is 2.23 bits per heavy atom. The van der Waals surface area contributed by atoms with Crippen LogP contribution in [0.3, 0.4) is 0 Å². The Bertz CT molecular complexity index is 750. The van der Waals surface area contributed by atoms with Crippen LogP contribution in [0, 0.1) is 6.92 Å². The van der Waals surface area contributed by atoms with E-state index in [1.54, 1.807) is 6.20 Å². The zero-order chi connectivity index (χ0) is 15.7. The van der Waals surface area contributed by atoms with Crippen molar-refractivity contribution >= 4 is 10.0 Å². The Kier molecular flexibility index (Phi) is 4.07. The minimum Gasteiger partial charge on any atom is -0.465 e. The van der Waals surface area contributed by atoms with E-state index in [9.17, 15) is 8.42 Å². The normalized spacial score (nSPS) is 19.3. The number of sulfonamides is 1. The van der Waals surface area contributed by atoms with Gasteiger partial charge in [-0.15, -0.1) is 0 Å². The molecule has 1 N–H and O–H groups in total. The van der Waals surface area contributed by atoms with Gasteiger partial charge in [0.25, 0.3) is 0 Å². The number of hydrogen-bond donors (Lipinski definition) is 1. The molecule has 0 saturated carbocycles. The van der Waals surface area contributed by atoms with Crippen LogP contribution in [0.15, 0.2) is 28.8 Å². The van der Waals surface area contributed by atoms with Gasteiger partial charge in [-0.3, -0.25) is 9.58 Å². The van der Waals surface area contributed by atoms with Gasteiger partial charge in [-0.2, -0.15) is 5.10 Å². The summed E-state index contributed by atoms with van der Waals surface area (Å²) >= 11 is 0. The highest BCUT2D eigenvalue weighted by atomic mass is 32.2. The van der Waals surface area contributed by atoms with Crippen molar-refractivity contribution in [2.75, 3.05) is 19.3 Å². The third-order valence-corrected chi connectivity index (χ3v) is 4.40. The number of aryl methyl sites for hydroxylation is 1. The number of nitrogens with zero attached hydrogens (tertiary/aromatic N) is 3. The van der Waals surface area contributed by atoms with Gasteiger partial charge in [0.15, 0.2) is 0 Å². The zero-order valence-electron chi connectivity index (χ0n) is 12.7. The first kappa shape index (κ1) is 15.3. The first-order chi connectivity index (χ1) is 10.4. The molecule has 0 radical (unpaired) electrons. The molecule has 120 valence electrons. The molecule has 2 aromatic rings. The minimum absolute atomic E-state index is 0.0236. The second-order valence-electron chi connectivity index (χ2n) is 5.72. The van der Waals surface area contributed by atoms with Crippen molar-refractivity contribution in [1.29, 1.82) is 0 Å². The summed E-state index contributed by atoms with van der Waals surface area (Å²) in [6, 6.07) is 5.87. The topological polar surface area (TPSA) is 80.4 Å². The van der Waals surface area contributed by atoms with Gasteiger partial charge in [-0.25, -0.2) is 13.1 Å². The van der Waals surface area contributed by atoms with E-state index in [1.165, 1.54) is 6.26 Å². The van der Waals surface area contributed by atoms with Crippen LogP contribution in [0.5, 0.6) is 0 Å². The Morgan fingerprint density at radius 3 is 2.91 bits per heavy atom. The molecule has 0 aromatic carbocycles. The summed E-state index contributed by atoms with van der Waals surface area (Å²) in [7, 11) is -3.21. The van der Waals surface area contributed by atoms with E-state index in [0.717, 1.165) is 30.3 Å². The maximum absolute atomic E-state index is 11.3. The summed E-state index contributed by atoms with van der Waals surface area (Å²) in [4.78, 5) is 2.24. The van der Waals surface area contributed by atoms with Gasteiger partial charge in [0.2, 0.25) is 10.0 Å². The van der Waals surface area contributed by atoms with Crippen LogP contribution in [0.4, 0.5) is 0 Å². The van der Waals surface area contributed by atoms with Crippen LogP contribution >= 0.6 is 0 Å². The number of rotatable bonds is 5. The standard InChI is InChI=1S/C14H20N4O3S/c1-11-3-4-14(21-11)10-17-8-12-5-6-15-18(12)13(9-17)7-16-22(2,19)20/h3-6,13,16H,7-10H2,1-2H3. The number of aromatic nitrogens is 2. The molecule has 7 nitrogen and oxygen atoms in total. The van der Waals surface area contributed by atoms with Crippen LogP contribution in [-0.2, 0) is 23.1 Å². The van der Waals surface area contributed by atoms with E-state index in [4.69, 9.17) is 4.42 Å². The minimum atomic E-state index is -3.21. The fourth-order valence-corrected chi connectivity index (χ4v) is 3.27. The quantitative estimate of drug-likeness (QED) is 0.883. The summed E-state index contributed by atoms with van der Waals surface area (Å²) < 4.78 is 32.8. The van der Waals surface area contributed by atoms with Crippen molar-refractivity contribution in [1.82, 2.24) is 19.4 Å². The second-order valence-corrected chi connectivity index (χ2v) is 7.56. The highest BCUT2D eigenvalue weighted by Gasteiger charge is 2.26. The molecule has 0 fully saturated rings. The van der Waals surface area contributed by atoms with Crippen LogP contribution in [0.25, 0.3) is 0 Å². The monoisotopic (exact) mass is 324 g/mol. The lowest BCUT2D eigenvalue weighted by Crippen LogP contribution is -2.42. The smallest absolute Gasteiger partial charge is 0.208 e. The van der Waals surface area contributed by atoms with Gasteiger partial charge in [0.1, 0.15) is 11.5 Å². The lowest BCUT2D eigenvalue weighted by molar-refractivity contribution is 0.157. The van der Waals surface area contributed by atoms with Crippen LogP contribution in [0.1, 0.15) is 23.3 Å². The fourth-order valence-electron chi connectivity index (χ4n) is 2.77. The molecule has 8 heteroatoms. The molecule has 1 atom stereocenters. The molecular formula is C14H20N4O3S. The molecule has 1 unspecified atom stereocenters. The zero-order valence-corrected chi connectivity index (χ0v) is 13.5. The molecule has 0 spiro atoms. The molecular weight excluding hydrogens is 304 g/mol. The van der Waals surface area contributed by atoms with Crippen molar-refractivity contribution in [3.63, 3.8) is 0 Å². The molecule has 1 aliphatic heterocycles. The van der Waals surface area contributed by atoms with Crippen molar-refractivity contribution < 1.29 is 12.8 Å². The van der Waals surface area contributed by atoms with Gasteiger partial charge in [0.05, 0.1) is 24.5 Å². The third kappa shape index (κ3) is 3.57.